The number of nitrogen functional groups attached to an aromatic ring is 1. The van der Waals surface area contributed by atoms with Gasteiger partial charge < -0.3 is 5.73 Å². The third-order valence-corrected chi connectivity index (χ3v) is 3.78. The third kappa shape index (κ3) is 3.69. The Labute approximate surface area is 112 Å². The summed E-state index contributed by atoms with van der Waals surface area (Å²) >= 11 is 0. The van der Waals surface area contributed by atoms with Crippen molar-refractivity contribution in [2.45, 2.75) is 12.7 Å². The van der Waals surface area contributed by atoms with E-state index in [1.807, 2.05) is 6.92 Å². The smallest absolute Gasteiger partial charge is 0.238 e. The average molecular weight is 277 g/mol. The Hall–Kier alpha value is -2.08. The maximum Gasteiger partial charge on any atom is 0.238 e. The Balaban J connectivity index is 2.15. The summed E-state index contributed by atoms with van der Waals surface area (Å²) in [6, 6.07) is 10.3. The van der Waals surface area contributed by atoms with Crippen molar-refractivity contribution in [2.75, 3.05) is 10.5 Å². The Kier molecular flexibility index (Phi) is 3.71. The van der Waals surface area contributed by atoms with Gasteiger partial charge in [0.1, 0.15) is 5.82 Å². The Morgan fingerprint density at radius 1 is 1.21 bits per heavy atom. The number of nitrogens with two attached hydrogens (primary N) is 1. The lowest BCUT2D eigenvalue weighted by molar-refractivity contribution is 0.600. The first kappa shape index (κ1) is 13.4. The fourth-order valence-corrected chi connectivity index (χ4v) is 2.78. The van der Waals surface area contributed by atoms with Crippen LogP contribution in [0.4, 0.5) is 11.5 Å². The number of hydrogen-bond donors (Lipinski definition) is 2. The van der Waals surface area contributed by atoms with Crippen LogP contribution in [-0.4, -0.2) is 13.4 Å². The molecule has 2 rings (SSSR count). The number of sulfonamides is 1. The highest BCUT2D eigenvalue weighted by Gasteiger charge is 2.13. The number of nitrogens with one attached hydrogen (secondary N) is 1. The molecule has 1 heterocycles. The van der Waals surface area contributed by atoms with E-state index in [1.165, 1.54) is 0 Å². The number of pyridine rings is 1. The lowest BCUT2D eigenvalue weighted by Gasteiger charge is -2.09. The number of aromatic nitrogens is 1. The van der Waals surface area contributed by atoms with E-state index in [0.29, 0.717) is 17.1 Å². The summed E-state index contributed by atoms with van der Waals surface area (Å²) in [7, 11) is -3.52. The van der Waals surface area contributed by atoms with Crippen molar-refractivity contribution >= 4 is 21.5 Å². The van der Waals surface area contributed by atoms with Crippen LogP contribution in [0.25, 0.3) is 0 Å². The van der Waals surface area contributed by atoms with Gasteiger partial charge in [-0.1, -0.05) is 24.3 Å². The third-order valence-electron chi connectivity index (χ3n) is 2.57. The van der Waals surface area contributed by atoms with E-state index in [0.717, 1.165) is 5.56 Å². The Morgan fingerprint density at radius 3 is 2.58 bits per heavy atom. The molecule has 0 aliphatic rings. The summed E-state index contributed by atoms with van der Waals surface area (Å²) in [4.78, 5) is 4.01. The van der Waals surface area contributed by atoms with E-state index >= 15 is 0 Å². The van der Waals surface area contributed by atoms with Crippen molar-refractivity contribution in [3.8, 4) is 0 Å². The molecule has 6 heteroatoms. The van der Waals surface area contributed by atoms with Gasteiger partial charge in [-0.05, 0) is 30.2 Å². The zero-order chi connectivity index (χ0) is 13.9. The lowest BCUT2D eigenvalue weighted by Crippen LogP contribution is -2.16. The highest BCUT2D eigenvalue weighted by Crippen LogP contribution is 2.16. The van der Waals surface area contributed by atoms with E-state index in [2.05, 4.69) is 9.71 Å². The van der Waals surface area contributed by atoms with Gasteiger partial charge in [-0.25, -0.2) is 13.4 Å². The second kappa shape index (κ2) is 5.27. The van der Waals surface area contributed by atoms with Gasteiger partial charge in [0.2, 0.25) is 10.0 Å². The molecule has 100 valence electrons. The molecule has 3 N–H and O–H groups in total. The Bertz CT molecular complexity index is 667. The van der Waals surface area contributed by atoms with Crippen LogP contribution in [0.15, 0.2) is 42.6 Å². The minimum absolute atomic E-state index is 0.171. The van der Waals surface area contributed by atoms with Gasteiger partial charge in [-0.15, -0.1) is 0 Å². The molecule has 2 aromatic rings. The maximum absolute atomic E-state index is 12.0. The molecule has 0 saturated carbocycles. The molecule has 0 aliphatic heterocycles. The number of para-hydroxylation sites is 1. The summed E-state index contributed by atoms with van der Waals surface area (Å²) in [5.41, 5.74) is 7.74. The SMILES string of the molecule is Cc1ccc(NS(=O)(=O)Cc2ccccc2N)nc1. The van der Waals surface area contributed by atoms with E-state index in [-0.39, 0.29) is 5.75 Å². The van der Waals surface area contributed by atoms with Gasteiger partial charge in [-0.2, -0.15) is 0 Å². The quantitative estimate of drug-likeness (QED) is 0.836. The zero-order valence-electron chi connectivity index (χ0n) is 10.5. The highest BCUT2D eigenvalue weighted by atomic mass is 32.2. The molecular formula is C13H15N3O2S. The van der Waals surface area contributed by atoms with E-state index < -0.39 is 10.0 Å². The fraction of sp³-hybridized carbons (Fsp3) is 0.154. The zero-order valence-corrected chi connectivity index (χ0v) is 11.3. The van der Waals surface area contributed by atoms with Crippen molar-refractivity contribution in [1.82, 2.24) is 4.98 Å². The standard InChI is InChI=1S/C13H15N3O2S/c1-10-6-7-13(15-8-10)16-19(17,18)9-11-4-2-3-5-12(11)14/h2-8H,9,14H2,1H3,(H,15,16). The van der Waals surface area contributed by atoms with Gasteiger partial charge >= 0.3 is 0 Å². The predicted octanol–water partition coefficient (Wildman–Crippen LogP) is 1.91. The molecule has 0 saturated heterocycles. The first-order valence-electron chi connectivity index (χ1n) is 5.73. The monoisotopic (exact) mass is 277 g/mol. The summed E-state index contributed by atoms with van der Waals surface area (Å²) in [6.07, 6.45) is 1.61. The number of aryl methyl sites for hydroxylation is 1. The molecule has 0 amide bonds. The van der Waals surface area contributed by atoms with Gasteiger partial charge in [-0.3, -0.25) is 4.72 Å². The van der Waals surface area contributed by atoms with Crippen molar-refractivity contribution in [1.29, 1.82) is 0 Å². The second-order valence-corrected chi connectivity index (χ2v) is 6.00. The molecule has 0 unspecified atom stereocenters. The van der Waals surface area contributed by atoms with Crippen LogP contribution in [0.3, 0.4) is 0 Å². The molecule has 5 nitrogen and oxygen atoms in total. The van der Waals surface area contributed by atoms with Crippen LogP contribution >= 0.6 is 0 Å². The van der Waals surface area contributed by atoms with Crippen LogP contribution in [-0.2, 0) is 15.8 Å². The molecule has 1 aromatic carbocycles. The summed E-state index contributed by atoms with van der Waals surface area (Å²) in [5.74, 6) is 0.134. The minimum Gasteiger partial charge on any atom is -0.398 e. The fourth-order valence-electron chi connectivity index (χ4n) is 1.59. The van der Waals surface area contributed by atoms with Crippen LogP contribution in [0.5, 0.6) is 0 Å². The van der Waals surface area contributed by atoms with Gasteiger partial charge in [0, 0.05) is 11.9 Å². The van der Waals surface area contributed by atoms with E-state index in [1.54, 1.807) is 42.6 Å². The van der Waals surface area contributed by atoms with Crippen LogP contribution in [0, 0.1) is 6.92 Å². The average Bonchev–Trinajstić information content (AvgIpc) is 2.35. The van der Waals surface area contributed by atoms with Crippen molar-refractivity contribution in [2.24, 2.45) is 0 Å². The molecule has 0 fully saturated rings. The minimum atomic E-state index is -3.52. The highest BCUT2D eigenvalue weighted by molar-refractivity contribution is 7.91. The predicted molar refractivity (Wildman–Crippen MR) is 76.1 cm³/mol. The van der Waals surface area contributed by atoms with Crippen LogP contribution in [0.2, 0.25) is 0 Å². The number of hydrogen-bond acceptors (Lipinski definition) is 4. The van der Waals surface area contributed by atoms with Crippen LogP contribution < -0.4 is 10.5 Å². The molecular weight excluding hydrogens is 262 g/mol. The summed E-state index contributed by atoms with van der Waals surface area (Å²) < 4.78 is 26.4. The lowest BCUT2D eigenvalue weighted by atomic mass is 10.2. The van der Waals surface area contributed by atoms with Gasteiger partial charge in [0.25, 0.3) is 0 Å². The van der Waals surface area contributed by atoms with E-state index in [9.17, 15) is 8.42 Å². The van der Waals surface area contributed by atoms with Crippen molar-refractivity contribution in [3.63, 3.8) is 0 Å². The van der Waals surface area contributed by atoms with Crippen molar-refractivity contribution in [3.05, 3.63) is 53.7 Å². The summed E-state index contributed by atoms with van der Waals surface area (Å²) in [5, 5.41) is 0. The topological polar surface area (TPSA) is 85.1 Å². The first-order chi connectivity index (χ1) is 8.96. The number of rotatable bonds is 4. The number of benzene rings is 1. The van der Waals surface area contributed by atoms with Gasteiger partial charge in [0.15, 0.2) is 0 Å². The second-order valence-electron chi connectivity index (χ2n) is 4.28. The number of nitrogens with zero attached hydrogens (tertiary/aromatic N) is 1. The largest absolute Gasteiger partial charge is 0.398 e. The first-order valence-corrected chi connectivity index (χ1v) is 7.38. The summed E-state index contributed by atoms with van der Waals surface area (Å²) in [6.45, 7) is 1.88. The molecule has 0 aliphatic carbocycles. The van der Waals surface area contributed by atoms with Gasteiger partial charge in [0.05, 0.1) is 5.75 Å². The molecule has 0 radical (unpaired) electrons. The normalized spacial score (nSPS) is 11.2. The maximum atomic E-state index is 12.0. The number of anilines is 2. The molecule has 0 spiro atoms. The molecule has 0 bridgehead atoms. The Morgan fingerprint density at radius 2 is 1.95 bits per heavy atom. The van der Waals surface area contributed by atoms with Crippen molar-refractivity contribution < 1.29 is 8.42 Å². The van der Waals surface area contributed by atoms with E-state index in [4.69, 9.17) is 5.73 Å². The molecule has 0 atom stereocenters. The molecule has 19 heavy (non-hydrogen) atoms. The molecule has 1 aromatic heterocycles. The van der Waals surface area contributed by atoms with Crippen LogP contribution in [0.1, 0.15) is 11.1 Å².